The minimum atomic E-state index is -4.50. The summed E-state index contributed by atoms with van der Waals surface area (Å²) in [5.74, 6) is -0.959. The number of pyridine rings is 2. The standard InChI is InChI=1S/C45H46N12O5S/c1-27(2)24-52-43(60)44(56-20-19-55(26-39(56)59)38-13-17-49-42-40(38)34(25-51-42)36-12-16-50-45(46)54-36)57(18-5-21-58)63(61,62)29-7-3-6-28(22-29)37-23-33-31(10-15-48-41(33)53-37)30-8-4-9-35-32(30)11-14-47-35/h3-4,6-17,22-23,25,27,44,47,58H,5,18-21,24,26H2,1-2H3,(H,48,53)(H,49,51)(H,52,60)(H2,46,50,54). The van der Waals surface area contributed by atoms with E-state index in [0.29, 0.717) is 39.5 Å². The Kier molecular flexibility index (Phi) is 11.1. The lowest BCUT2D eigenvalue weighted by Gasteiger charge is -2.43. The minimum Gasteiger partial charge on any atom is -0.396 e. The number of aliphatic hydroxyl groups excluding tert-OH is 1. The highest BCUT2D eigenvalue weighted by Gasteiger charge is 2.43. The van der Waals surface area contributed by atoms with Crippen molar-refractivity contribution in [2.45, 2.75) is 31.3 Å². The fourth-order valence-electron chi connectivity index (χ4n) is 8.30. The summed E-state index contributed by atoms with van der Waals surface area (Å²) in [5.41, 5.74) is 13.3. The predicted octanol–water partition coefficient (Wildman–Crippen LogP) is 5.11. The number of anilines is 2. The van der Waals surface area contributed by atoms with Gasteiger partial charge in [-0.1, -0.05) is 38.1 Å². The number of sulfonamides is 1. The number of piperazine rings is 1. The van der Waals surface area contributed by atoms with Crippen LogP contribution in [0.25, 0.3) is 66.6 Å². The van der Waals surface area contributed by atoms with Crippen LogP contribution >= 0.6 is 0 Å². The Morgan fingerprint density at radius 1 is 0.921 bits per heavy atom. The summed E-state index contributed by atoms with van der Waals surface area (Å²) in [6, 6.07) is 22.0. The zero-order valence-corrected chi connectivity index (χ0v) is 35.4. The van der Waals surface area contributed by atoms with Gasteiger partial charge < -0.3 is 40.9 Å². The maximum absolute atomic E-state index is 15.0. The van der Waals surface area contributed by atoms with Gasteiger partial charge in [0.05, 0.1) is 28.2 Å². The number of nitrogens with two attached hydrogens (primary N) is 1. The van der Waals surface area contributed by atoms with Gasteiger partial charge in [-0.05, 0) is 77.6 Å². The van der Waals surface area contributed by atoms with Crippen molar-refractivity contribution in [3.63, 3.8) is 0 Å². The van der Waals surface area contributed by atoms with Crippen molar-refractivity contribution in [3.05, 3.63) is 104 Å². The van der Waals surface area contributed by atoms with Gasteiger partial charge in [0.1, 0.15) is 11.3 Å². The van der Waals surface area contributed by atoms with Crippen LogP contribution in [0.5, 0.6) is 0 Å². The zero-order valence-electron chi connectivity index (χ0n) is 34.6. The van der Waals surface area contributed by atoms with Crippen molar-refractivity contribution < 1.29 is 23.1 Å². The molecule has 0 aliphatic carbocycles. The van der Waals surface area contributed by atoms with Crippen LogP contribution in [0.3, 0.4) is 0 Å². The van der Waals surface area contributed by atoms with E-state index in [1.54, 1.807) is 55.1 Å². The number of aromatic nitrogens is 7. The molecule has 0 bridgehead atoms. The molecule has 322 valence electrons. The zero-order chi connectivity index (χ0) is 43.8. The number of aliphatic hydroxyl groups is 1. The van der Waals surface area contributed by atoms with Crippen molar-refractivity contribution in [2.75, 3.05) is 50.0 Å². The van der Waals surface area contributed by atoms with Gasteiger partial charge in [-0.25, -0.2) is 28.4 Å². The first-order valence-electron chi connectivity index (χ1n) is 20.7. The highest BCUT2D eigenvalue weighted by molar-refractivity contribution is 7.89. The minimum absolute atomic E-state index is 0.00862. The summed E-state index contributed by atoms with van der Waals surface area (Å²) in [6.07, 6.45) is 7.07. The molecule has 2 aromatic carbocycles. The van der Waals surface area contributed by atoms with Crippen LogP contribution in [0.4, 0.5) is 11.6 Å². The van der Waals surface area contributed by atoms with Gasteiger partial charge in [0.25, 0.3) is 5.91 Å². The van der Waals surface area contributed by atoms with E-state index < -0.39 is 28.0 Å². The molecule has 18 heteroatoms. The number of aromatic amines is 3. The number of amides is 2. The molecule has 63 heavy (non-hydrogen) atoms. The highest BCUT2D eigenvalue weighted by Crippen LogP contribution is 2.37. The van der Waals surface area contributed by atoms with Gasteiger partial charge >= 0.3 is 0 Å². The maximum atomic E-state index is 15.0. The van der Waals surface area contributed by atoms with Gasteiger partial charge in [-0.3, -0.25) is 9.59 Å². The molecule has 1 fully saturated rings. The van der Waals surface area contributed by atoms with Gasteiger partial charge in [0, 0.05) is 91.3 Å². The van der Waals surface area contributed by atoms with Crippen LogP contribution in [0.2, 0.25) is 0 Å². The SMILES string of the molecule is CC(C)CNC(=O)C(N1CCN(c2ccnc3[nH]cc(-c4ccnc(N)n4)c23)CC1=O)N(CCCO)S(=O)(=O)c1cccc(-c2cc3c(-c4cccc5[nH]ccc45)ccnc3[nH]2)c1. The monoisotopic (exact) mass is 866 g/mol. The number of carbonyl (C=O) groups excluding carboxylic acids is 2. The molecule has 6 aromatic heterocycles. The van der Waals surface area contributed by atoms with E-state index in [2.05, 4.69) is 46.3 Å². The highest BCUT2D eigenvalue weighted by atomic mass is 32.2. The molecule has 1 aliphatic heterocycles. The van der Waals surface area contributed by atoms with Crippen molar-refractivity contribution in [1.29, 1.82) is 0 Å². The number of carbonyl (C=O) groups is 2. The van der Waals surface area contributed by atoms with Gasteiger partial charge in [0.2, 0.25) is 21.9 Å². The fourth-order valence-corrected chi connectivity index (χ4v) is 9.94. The molecule has 0 radical (unpaired) electrons. The van der Waals surface area contributed by atoms with E-state index in [9.17, 15) is 14.7 Å². The molecule has 2 amide bonds. The third-order valence-corrected chi connectivity index (χ3v) is 13.1. The Labute approximate surface area is 362 Å². The van der Waals surface area contributed by atoms with Crippen molar-refractivity contribution in [3.8, 4) is 33.6 Å². The summed E-state index contributed by atoms with van der Waals surface area (Å²) in [4.78, 5) is 59.2. The molecule has 1 unspecified atom stereocenters. The molecule has 7 heterocycles. The lowest BCUT2D eigenvalue weighted by molar-refractivity contribution is -0.145. The fraction of sp³-hybridized carbons (Fsp3) is 0.244. The average Bonchev–Trinajstić information content (AvgIpc) is 4.06. The number of nitrogens with one attached hydrogen (secondary N) is 4. The quantitative estimate of drug-likeness (QED) is 0.0840. The largest absolute Gasteiger partial charge is 0.396 e. The van der Waals surface area contributed by atoms with Crippen molar-refractivity contribution in [1.82, 2.24) is 49.4 Å². The molecule has 1 saturated heterocycles. The van der Waals surface area contributed by atoms with Crippen LogP contribution in [-0.2, 0) is 19.6 Å². The number of rotatable bonds is 14. The molecular formula is C45H46N12O5S. The van der Waals surface area contributed by atoms with E-state index in [1.165, 1.54) is 11.0 Å². The van der Waals surface area contributed by atoms with Gasteiger partial charge in [-0.15, -0.1) is 0 Å². The van der Waals surface area contributed by atoms with Crippen LogP contribution in [0, 0.1) is 5.92 Å². The third kappa shape index (κ3) is 7.83. The Hall–Kier alpha value is -7.15. The van der Waals surface area contributed by atoms with E-state index in [0.717, 1.165) is 37.1 Å². The lowest BCUT2D eigenvalue weighted by atomic mass is 10.00. The molecule has 8 aromatic rings. The number of hydrogen-bond donors (Lipinski definition) is 6. The lowest BCUT2D eigenvalue weighted by Crippen LogP contribution is -2.64. The Balaban J connectivity index is 1.05. The summed E-state index contributed by atoms with van der Waals surface area (Å²) in [6.45, 7) is 3.62. The second-order valence-corrected chi connectivity index (χ2v) is 17.7. The smallest absolute Gasteiger partial charge is 0.259 e. The molecule has 7 N–H and O–H groups in total. The summed E-state index contributed by atoms with van der Waals surface area (Å²) in [7, 11) is -4.50. The normalized spacial score (nSPS) is 14.1. The number of H-pyrrole nitrogens is 3. The Bertz CT molecular complexity index is 3110. The van der Waals surface area contributed by atoms with E-state index in [1.807, 2.05) is 55.3 Å². The topological polar surface area (TPSA) is 235 Å². The second-order valence-electron chi connectivity index (χ2n) is 15.8. The molecule has 0 saturated carbocycles. The maximum Gasteiger partial charge on any atom is 0.259 e. The van der Waals surface area contributed by atoms with Gasteiger partial charge in [0.15, 0.2) is 6.17 Å². The molecule has 17 nitrogen and oxygen atoms in total. The third-order valence-electron chi connectivity index (χ3n) is 11.3. The molecule has 1 atom stereocenters. The van der Waals surface area contributed by atoms with E-state index in [4.69, 9.17) is 5.73 Å². The Morgan fingerprint density at radius 2 is 1.71 bits per heavy atom. The van der Waals surface area contributed by atoms with Crippen LogP contribution < -0.4 is 16.0 Å². The summed E-state index contributed by atoms with van der Waals surface area (Å²) in [5, 5.41) is 15.6. The van der Waals surface area contributed by atoms with E-state index in [-0.39, 0.29) is 62.5 Å². The average molecular weight is 867 g/mol. The first kappa shape index (κ1) is 41.2. The molecule has 1 aliphatic rings. The predicted molar refractivity (Wildman–Crippen MR) is 242 cm³/mol. The second kappa shape index (κ2) is 17.0. The van der Waals surface area contributed by atoms with Crippen molar-refractivity contribution >= 4 is 66.4 Å². The number of fused-ring (bicyclic) bond motifs is 3. The van der Waals surface area contributed by atoms with Gasteiger partial charge in [-0.2, -0.15) is 4.31 Å². The summed E-state index contributed by atoms with van der Waals surface area (Å²) < 4.78 is 31.1. The van der Waals surface area contributed by atoms with Crippen LogP contribution in [0.1, 0.15) is 20.3 Å². The van der Waals surface area contributed by atoms with Crippen LogP contribution in [-0.4, -0.2) is 115 Å². The number of nitrogen functional groups attached to an aromatic ring is 1. The summed E-state index contributed by atoms with van der Waals surface area (Å²) >= 11 is 0. The van der Waals surface area contributed by atoms with Crippen LogP contribution in [0.15, 0.2) is 109 Å². The molecule has 0 spiro atoms. The first-order chi connectivity index (χ1) is 30.5. The molecular weight excluding hydrogens is 821 g/mol. The number of nitrogens with zero attached hydrogens (tertiary/aromatic N) is 7. The number of hydrogen-bond acceptors (Lipinski definition) is 11. The Morgan fingerprint density at radius 3 is 2.52 bits per heavy atom. The molecule has 9 rings (SSSR count). The number of benzene rings is 2. The first-order valence-corrected chi connectivity index (χ1v) is 22.1. The van der Waals surface area contributed by atoms with Crippen molar-refractivity contribution in [2.24, 2.45) is 5.92 Å². The van der Waals surface area contributed by atoms with E-state index >= 15 is 8.42 Å².